The maximum Gasteiger partial charge on any atom is 0.349 e. The Morgan fingerprint density at radius 3 is 2.59 bits per heavy atom. The van der Waals surface area contributed by atoms with E-state index in [-0.39, 0.29) is 40.4 Å². The van der Waals surface area contributed by atoms with Crippen molar-refractivity contribution in [1.29, 1.82) is 5.26 Å². The van der Waals surface area contributed by atoms with Gasteiger partial charge in [0.1, 0.15) is 47.1 Å². The molecule has 7 nitrogen and oxygen atoms in total. The van der Waals surface area contributed by atoms with Gasteiger partial charge in [0.25, 0.3) is 0 Å². The number of ether oxygens (including phenoxy) is 4. The Morgan fingerprint density at radius 1 is 0.976 bits per heavy atom. The fraction of sp³-hybridized carbons (Fsp3) is 0.0968. The Hall–Kier alpha value is -4.71. The molecule has 41 heavy (non-hydrogen) atoms. The predicted octanol–water partition coefficient (Wildman–Crippen LogP) is 6.91. The van der Waals surface area contributed by atoms with Gasteiger partial charge in [-0.25, -0.2) is 9.18 Å². The third-order valence-corrected chi connectivity index (χ3v) is 6.74. The number of carbonyl (C=O) groups is 1. The molecule has 1 aliphatic rings. The van der Waals surface area contributed by atoms with Crippen molar-refractivity contribution >= 4 is 29.2 Å². The number of nitrogens with zero attached hydrogens (tertiary/aromatic N) is 1. The number of fused-ring (bicyclic) bond motifs is 1. The standard InChI is InChI=1S/C31H21Cl2FN2O5/c32-20-8-11-27(25(33)13-20)39-17-29(37)40-22-9-10-23-28(14-22)41-31(36)24(15-35)30(23)18-5-3-6-21(12-18)38-16-19-4-1-2-7-26(19)34/h1-14,30H,16-17,36H2. The number of allylic oxidation sites excluding steroid dienone is 1. The monoisotopic (exact) mass is 590 g/mol. The number of halogens is 3. The lowest BCUT2D eigenvalue weighted by atomic mass is 9.83. The zero-order valence-corrected chi connectivity index (χ0v) is 22.8. The number of esters is 1. The normalized spacial score (nSPS) is 14.0. The highest BCUT2D eigenvalue weighted by Gasteiger charge is 2.31. The van der Waals surface area contributed by atoms with Gasteiger partial charge in [-0.3, -0.25) is 0 Å². The van der Waals surface area contributed by atoms with Gasteiger partial charge in [0.05, 0.1) is 10.9 Å². The van der Waals surface area contributed by atoms with Crippen molar-refractivity contribution in [2.24, 2.45) is 5.73 Å². The van der Waals surface area contributed by atoms with Crippen molar-refractivity contribution in [3.63, 3.8) is 0 Å². The molecule has 0 amide bonds. The quantitative estimate of drug-likeness (QED) is 0.175. The summed E-state index contributed by atoms with van der Waals surface area (Å²) in [4.78, 5) is 12.4. The van der Waals surface area contributed by atoms with Crippen LogP contribution in [-0.4, -0.2) is 12.6 Å². The van der Waals surface area contributed by atoms with Crippen molar-refractivity contribution in [2.45, 2.75) is 12.5 Å². The lowest BCUT2D eigenvalue weighted by molar-refractivity contribution is -0.136. The number of rotatable bonds is 8. The minimum absolute atomic E-state index is 0.0340. The summed E-state index contributed by atoms with van der Waals surface area (Å²) in [5, 5.41) is 10.6. The van der Waals surface area contributed by atoms with Crippen LogP contribution in [0.2, 0.25) is 10.0 Å². The van der Waals surface area contributed by atoms with Crippen LogP contribution in [0.5, 0.6) is 23.0 Å². The maximum atomic E-state index is 14.0. The van der Waals surface area contributed by atoms with Crippen LogP contribution in [0, 0.1) is 17.1 Å². The van der Waals surface area contributed by atoms with Crippen LogP contribution < -0.4 is 24.7 Å². The lowest BCUT2D eigenvalue weighted by Gasteiger charge is -2.27. The van der Waals surface area contributed by atoms with Crippen molar-refractivity contribution in [2.75, 3.05) is 6.61 Å². The summed E-state index contributed by atoms with van der Waals surface area (Å²) in [6, 6.07) is 25.0. The van der Waals surface area contributed by atoms with Gasteiger partial charge in [0.15, 0.2) is 6.61 Å². The van der Waals surface area contributed by atoms with E-state index in [4.69, 9.17) is 47.9 Å². The molecule has 0 aliphatic carbocycles. The Balaban J connectivity index is 1.34. The molecule has 0 saturated heterocycles. The molecule has 0 fully saturated rings. The molecule has 1 heterocycles. The lowest BCUT2D eigenvalue weighted by Crippen LogP contribution is -2.21. The SMILES string of the molecule is N#CC1=C(N)Oc2cc(OC(=O)COc3ccc(Cl)cc3Cl)ccc2C1c1cccc(OCc2ccccc2F)c1. The molecule has 1 atom stereocenters. The van der Waals surface area contributed by atoms with Gasteiger partial charge in [-0.2, -0.15) is 5.26 Å². The topological polar surface area (TPSA) is 104 Å². The molecular weight excluding hydrogens is 570 g/mol. The smallest absolute Gasteiger partial charge is 0.349 e. The number of hydrogen-bond acceptors (Lipinski definition) is 7. The summed E-state index contributed by atoms with van der Waals surface area (Å²) in [6.07, 6.45) is 0. The average molecular weight is 591 g/mol. The van der Waals surface area contributed by atoms with E-state index in [1.807, 2.05) is 6.07 Å². The van der Waals surface area contributed by atoms with E-state index in [0.717, 1.165) is 0 Å². The predicted molar refractivity (Wildman–Crippen MR) is 151 cm³/mol. The minimum Gasteiger partial charge on any atom is -0.489 e. The van der Waals surface area contributed by atoms with Gasteiger partial charge in [-0.1, -0.05) is 59.6 Å². The third kappa shape index (κ3) is 6.38. The van der Waals surface area contributed by atoms with Crippen molar-refractivity contribution in [3.05, 3.63) is 129 Å². The van der Waals surface area contributed by atoms with E-state index >= 15 is 0 Å². The second-order valence-electron chi connectivity index (χ2n) is 8.91. The molecular formula is C31H21Cl2FN2O5. The molecule has 4 aromatic carbocycles. The highest BCUT2D eigenvalue weighted by Crippen LogP contribution is 2.44. The van der Waals surface area contributed by atoms with E-state index in [2.05, 4.69) is 6.07 Å². The number of carbonyl (C=O) groups excluding carboxylic acids is 1. The first kappa shape index (κ1) is 27.8. The molecule has 0 bridgehead atoms. The fourth-order valence-electron chi connectivity index (χ4n) is 4.29. The maximum absolute atomic E-state index is 14.0. The number of benzene rings is 4. The van der Waals surface area contributed by atoms with E-state index in [0.29, 0.717) is 33.2 Å². The second kappa shape index (κ2) is 12.2. The molecule has 4 aromatic rings. The Bertz CT molecular complexity index is 1700. The second-order valence-corrected chi connectivity index (χ2v) is 9.76. The Labute approximate surface area is 245 Å². The van der Waals surface area contributed by atoms with Crippen molar-refractivity contribution < 1.29 is 28.1 Å². The summed E-state index contributed by atoms with van der Waals surface area (Å²) in [6.45, 7) is -0.367. The highest BCUT2D eigenvalue weighted by atomic mass is 35.5. The van der Waals surface area contributed by atoms with Crippen molar-refractivity contribution in [3.8, 4) is 29.1 Å². The first-order valence-corrected chi connectivity index (χ1v) is 13.0. The summed E-state index contributed by atoms with van der Waals surface area (Å²) in [5.74, 6) is -0.421. The highest BCUT2D eigenvalue weighted by molar-refractivity contribution is 6.35. The van der Waals surface area contributed by atoms with Crippen LogP contribution in [0.25, 0.3) is 0 Å². The summed E-state index contributed by atoms with van der Waals surface area (Å²) in [5.41, 5.74) is 8.09. The van der Waals surface area contributed by atoms with Crippen LogP contribution in [0.1, 0.15) is 22.6 Å². The van der Waals surface area contributed by atoms with Gasteiger partial charge in [0.2, 0.25) is 5.88 Å². The number of nitrogens with two attached hydrogens (primary N) is 1. The zero-order chi connectivity index (χ0) is 28.9. The zero-order valence-electron chi connectivity index (χ0n) is 21.3. The van der Waals surface area contributed by atoms with E-state index in [9.17, 15) is 14.4 Å². The minimum atomic E-state index is -0.677. The van der Waals surface area contributed by atoms with E-state index in [1.54, 1.807) is 60.7 Å². The molecule has 0 saturated carbocycles. The van der Waals surface area contributed by atoms with Crippen molar-refractivity contribution in [1.82, 2.24) is 0 Å². The first-order valence-electron chi connectivity index (χ1n) is 12.3. The van der Waals surface area contributed by atoms with Crippen LogP contribution in [0.3, 0.4) is 0 Å². The Morgan fingerprint density at radius 2 is 1.80 bits per heavy atom. The molecule has 5 rings (SSSR count). The van der Waals surface area contributed by atoms with Gasteiger partial charge in [-0.15, -0.1) is 0 Å². The molecule has 1 aliphatic heterocycles. The molecule has 0 aromatic heterocycles. The largest absolute Gasteiger partial charge is 0.489 e. The summed E-state index contributed by atoms with van der Waals surface area (Å²) < 4.78 is 36.4. The fourth-order valence-corrected chi connectivity index (χ4v) is 4.76. The average Bonchev–Trinajstić information content (AvgIpc) is 2.95. The molecule has 1 unspecified atom stereocenters. The number of nitriles is 1. The van der Waals surface area contributed by atoms with Crippen LogP contribution >= 0.6 is 23.2 Å². The van der Waals surface area contributed by atoms with Gasteiger partial charge in [0, 0.05) is 22.2 Å². The molecule has 2 N–H and O–H groups in total. The van der Waals surface area contributed by atoms with Crippen LogP contribution in [0.4, 0.5) is 4.39 Å². The van der Waals surface area contributed by atoms with Gasteiger partial charge < -0.3 is 24.7 Å². The molecule has 10 heteroatoms. The van der Waals surface area contributed by atoms with Crippen LogP contribution in [0.15, 0.2) is 96.4 Å². The van der Waals surface area contributed by atoms with E-state index < -0.39 is 18.5 Å². The summed E-state index contributed by atoms with van der Waals surface area (Å²) >= 11 is 12.0. The van der Waals surface area contributed by atoms with Gasteiger partial charge in [-0.05, 0) is 48.0 Å². The summed E-state index contributed by atoms with van der Waals surface area (Å²) in [7, 11) is 0. The van der Waals surface area contributed by atoms with E-state index in [1.165, 1.54) is 18.2 Å². The number of hydrogen-bond donors (Lipinski definition) is 1. The van der Waals surface area contributed by atoms with Crippen LogP contribution in [-0.2, 0) is 11.4 Å². The Kier molecular flexibility index (Phi) is 8.29. The van der Waals surface area contributed by atoms with Gasteiger partial charge >= 0.3 is 5.97 Å². The third-order valence-electron chi connectivity index (χ3n) is 6.21. The first-order chi connectivity index (χ1) is 19.8. The molecule has 0 radical (unpaired) electrons. The molecule has 206 valence electrons. The molecule has 0 spiro atoms.